The number of hydrogen-bond donors (Lipinski definition) is 1. The number of anilines is 1. The molecule has 2 aromatic carbocycles. The largest absolute Gasteiger partial charge is 0.493 e. The zero-order valence-corrected chi connectivity index (χ0v) is 16.8. The highest BCUT2D eigenvalue weighted by molar-refractivity contribution is 6.07. The molecule has 0 unspecified atom stereocenters. The summed E-state index contributed by atoms with van der Waals surface area (Å²) >= 11 is 0. The Balaban J connectivity index is 1.56. The first-order valence-electron chi connectivity index (χ1n) is 9.21. The van der Waals surface area contributed by atoms with Crippen molar-refractivity contribution < 1.29 is 23.7 Å². The summed E-state index contributed by atoms with van der Waals surface area (Å²) in [5.41, 5.74) is 1.98. The van der Waals surface area contributed by atoms with Crippen LogP contribution in [0.25, 0.3) is 0 Å². The van der Waals surface area contributed by atoms with E-state index >= 15 is 0 Å². The molecule has 2 heterocycles. The van der Waals surface area contributed by atoms with Gasteiger partial charge in [-0.3, -0.25) is 0 Å². The third kappa shape index (κ3) is 3.53. The van der Waals surface area contributed by atoms with Crippen molar-refractivity contribution in [3.63, 3.8) is 0 Å². The molecule has 0 bridgehead atoms. The van der Waals surface area contributed by atoms with Crippen molar-refractivity contribution in [2.45, 2.75) is 13.8 Å². The van der Waals surface area contributed by atoms with Gasteiger partial charge in [-0.1, -0.05) is 13.8 Å². The third-order valence-corrected chi connectivity index (χ3v) is 4.92. The van der Waals surface area contributed by atoms with Crippen molar-refractivity contribution in [2.75, 3.05) is 32.9 Å². The molecule has 0 aliphatic carbocycles. The Hall–Kier alpha value is -3.42. The summed E-state index contributed by atoms with van der Waals surface area (Å²) in [6, 6.07) is 10.6. The second kappa shape index (κ2) is 7.20. The molecule has 29 heavy (non-hydrogen) atoms. The Bertz CT molecular complexity index is 986. The number of hydrogen-bond acceptors (Lipinski definition) is 6. The molecule has 0 fully saturated rings. The van der Waals surface area contributed by atoms with E-state index in [-0.39, 0.29) is 18.2 Å². The van der Waals surface area contributed by atoms with Gasteiger partial charge in [0.05, 0.1) is 26.5 Å². The van der Waals surface area contributed by atoms with Gasteiger partial charge in [-0.15, -0.1) is 0 Å². The summed E-state index contributed by atoms with van der Waals surface area (Å²) in [6.45, 7) is 4.74. The fourth-order valence-electron chi connectivity index (χ4n) is 3.45. The molecule has 0 radical (unpaired) electrons. The lowest BCUT2D eigenvalue weighted by molar-refractivity contribution is 0.174. The summed E-state index contributed by atoms with van der Waals surface area (Å²) in [5, 5.41) is 8.90. The number of fused-ring (bicyclic) bond motifs is 1. The molecule has 2 aliphatic heterocycles. The number of nitrogens with zero attached hydrogens (tertiary/aromatic N) is 2. The van der Waals surface area contributed by atoms with Gasteiger partial charge in [0.2, 0.25) is 6.79 Å². The molecular formula is C21H23N3O5. The van der Waals surface area contributed by atoms with Crippen molar-refractivity contribution in [1.82, 2.24) is 5.01 Å². The van der Waals surface area contributed by atoms with Crippen molar-refractivity contribution in [3.05, 3.63) is 42.0 Å². The van der Waals surface area contributed by atoms with E-state index in [1.807, 2.05) is 18.2 Å². The van der Waals surface area contributed by atoms with Gasteiger partial charge in [-0.2, -0.15) is 5.10 Å². The van der Waals surface area contributed by atoms with Crippen molar-refractivity contribution >= 4 is 17.4 Å². The van der Waals surface area contributed by atoms with E-state index in [1.165, 1.54) is 5.01 Å². The minimum absolute atomic E-state index is 0.187. The molecule has 2 aliphatic rings. The van der Waals surface area contributed by atoms with Gasteiger partial charge in [0.1, 0.15) is 0 Å². The highest BCUT2D eigenvalue weighted by atomic mass is 16.7. The monoisotopic (exact) mass is 397 g/mol. The number of carbonyl (C=O) groups is 1. The standard InChI is InChI=1S/C21H23N3O5/c1-21(2)11-24(20(25)22-14-6-8-16-18(10-14)29-12-28-16)23-19(21)13-5-7-15(26-3)17(9-13)27-4/h5-10H,11-12H2,1-4H3,(H,22,25). The number of benzene rings is 2. The fourth-order valence-corrected chi connectivity index (χ4v) is 3.45. The Morgan fingerprint density at radius 1 is 1.07 bits per heavy atom. The van der Waals surface area contributed by atoms with Crippen molar-refractivity contribution in [1.29, 1.82) is 0 Å². The van der Waals surface area contributed by atoms with E-state index in [0.29, 0.717) is 35.2 Å². The topological polar surface area (TPSA) is 81.6 Å². The lowest BCUT2D eigenvalue weighted by atomic mass is 9.84. The maximum Gasteiger partial charge on any atom is 0.342 e. The van der Waals surface area contributed by atoms with E-state index in [0.717, 1.165) is 11.3 Å². The molecule has 0 spiro atoms. The number of hydrazone groups is 1. The van der Waals surface area contributed by atoms with Crippen LogP contribution in [-0.4, -0.2) is 44.3 Å². The second-order valence-electron chi connectivity index (χ2n) is 7.46. The fraction of sp³-hybridized carbons (Fsp3) is 0.333. The number of ether oxygens (including phenoxy) is 4. The van der Waals surface area contributed by atoms with Gasteiger partial charge in [-0.25, -0.2) is 9.80 Å². The van der Waals surface area contributed by atoms with Gasteiger partial charge in [0, 0.05) is 22.7 Å². The zero-order chi connectivity index (χ0) is 20.6. The Morgan fingerprint density at radius 2 is 1.83 bits per heavy atom. The number of nitrogens with one attached hydrogen (secondary N) is 1. The summed E-state index contributed by atoms with van der Waals surface area (Å²) < 4.78 is 21.4. The highest BCUT2D eigenvalue weighted by Gasteiger charge is 2.38. The van der Waals surface area contributed by atoms with Gasteiger partial charge in [-0.05, 0) is 30.3 Å². The first kappa shape index (κ1) is 18.9. The van der Waals surface area contributed by atoms with Crippen LogP contribution in [0.1, 0.15) is 19.4 Å². The average Bonchev–Trinajstić information content (AvgIpc) is 3.30. The van der Waals surface area contributed by atoms with Crippen molar-refractivity contribution in [3.8, 4) is 23.0 Å². The van der Waals surface area contributed by atoms with Crippen LogP contribution in [0, 0.1) is 5.41 Å². The Labute approximate surface area is 169 Å². The van der Waals surface area contributed by atoms with E-state index < -0.39 is 0 Å². The summed E-state index contributed by atoms with van der Waals surface area (Å²) in [6.07, 6.45) is 0. The number of amides is 2. The van der Waals surface area contributed by atoms with Crippen LogP contribution in [0.4, 0.5) is 10.5 Å². The van der Waals surface area contributed by atoms with E-state index in [1.54, 1.807) is 32.4 Å². The highest BCUT2D eigenvalue weighted by Crippen LogP contribution is 2.36. The molecule has 2 aromatic rings. The van der Waals surface area contributed by atoms with Crippen LogP contribution in [0.5, 0.6) is 23.0 Å². The van der Waals surface area contributed by atoms with Gasteiger partial charge in [0.15, 0.2) is 23.0 Å². The van der Waals surface area contributed by atoms with Gasteiger partial charge >= 0.3 is 6.03 Å². The van der Waals surface area contributed by atoms with E-state index in [9.17, 15) is 4.79 Å². The number of methoxy groups -OCH3 is 2. The third-order valence-electron chi connectivity index (χ3n) is 4.92. The van der Waals surface area contributed by atoms with Crippen LogP contribution in [0.3, 0.4) is 0 Å². The summed E-state index contributed by atoms with van der Waals surface area (Å²) in [5.74, 6) is 2.54. The Kier molecular flexibility index (Phi) is 4.70. The molecule has 152 valence electrons. The second-order valence-corrected chi connectivity index (χ2v) is 7.46. The zero-order valence-electron chi connectivity index (χ0n) is 16.8. The van der Waals surface area contributed by atoms with Crippen LogP contribution in [0.15, 0.2) is 41.5 Å². The molecule has 0 aromatic heterocycles. The minimum Gasteiger partial charge on any atom is -0.493 e. The minimum atomic E-state index is -0.328. The van der Waals surface area contributed by atoms with Crippen molar-refractivity contribution in [2.24, 2.45) is 10.5 Å². The number of rotatable bonds is 4. The predicted molar refractivity (Wildman–Crippen MR) is 108 cm³/mol. The van der Waals surface area contributed by atoms with Crippen LogP contribution in [-0.2, 0) is 0 Å². The quantitative estimate of drug-likeness (QED) is 0.851. The molecule has 0 atom stereocenters. The maximum atomic E-state index is 12.8. The lowest BCUT2D eigenvalue weighted by Crippen LogP contribution is -2.33. The van der Waals surface area contributed by atoms with Gasteiger partial charge < -0.3 is 24.3 Å². The van der Waals surface area contributed by atoms with Crippen LogP contribution in [0.2, 0.25) is 0 Å². The smallest absolute Gasteiger partial charge is 0.342 e. The molecule has 1 N–H and O–H groups in total. The normalized spacial score (nSPS) is 16.4. The Morgan fingerprint density at radius 3 is 2.59 bits per heavy atom. The number of carbonyl (C=O) groups excluding carboxylic acids is 1. The molecule has 2 amide bonds. The van der Waals surface area contributed by atoms with Crippen LogP contribution < -0.4 is 24.3 Å². The SMILES string of the molecule is COc1ccc(C2=NN(C(=O)Nc3ccc4c(c3)OCO4)CC2(C)C)cc1OC. The first-order chi connectivity index (χ1) is 13.9. The lowest BCUT2D eigenvalue weighted by Gasteiger charge is -2.21. The molecule has 4 rings (SSSR count). The molecule has 0 saturated heterocycles. The average molecular weight is 397 g/mol. The summed E-state index contributed by atoms with van der Waals surface area (Å²) in [4.78, 5) is 12.8. The van der Waals surface area contributed by atoms with Crippen LogP contribution >= 0.6 is 0 Å². The molecule has 0 saturated carbocycles. The first-order valence-corrected chi connectivity index (χ1v) is 9.21. The maximum absolute atomic E-state index is 12.8. The van der Waals surface area contributed by atoms with Gasteiger partial charge in [0.25, 0.3) is 0 Å². The van der Waals surface area contributed by atoms with E-state index in [4.69, 9.17) is 18.9 Å². The number of urea groups is 1. The predicted octanol–water partition coefficient (Wildman–Crippen LogP) is 3.71. The molecule has 8 nitrogen and oxygen atoms in total. The molecule has 8 heteroatoms. The summed E-state index contributed by atoms with van der Waals surface area (Å²) in [7, 11) is 3.19. The van der Waals surface area contributed by atoms with E-state index in [2.05, 4.69) is 24.3 Å². The molecular weight excluding hydrogens is 374 g/mol.